The molecule has 1 saturated heterocycles. The molecule has 1 N–H and O–H groups in total. The Morgan fingerprint density at radius 3 is 2.31 bits per heavy atom. The van der Waals surface area contributed by atoms with Gasteiger partial charge < -0.3 is 24.4 Å². The quantitative estimate of drug-likeness (QED) is 0.634. The third-order valence-electron chi connectivity index (χ3n) is 5.06. The van der Waals surface area contributed by atoms with Gasteiger partial charge in [0.1, 0.15) is 12.4 Å². The van der Waals surface area contributed by atoms with Gasteiger partial charge in [-0.15, -0.1) is 0 Å². The summed E-state index contributed by atoms with van der Waals surface area (Å²) in [5, 5.41) is 2.84. The zero-order valence-corrected chi connectivity index (χ0v) is 18.1. The number of esters is 1. The van der Waals surface area contributed by atoms with Crippen molar-refractivity contribution < 1.29 is 28.6 Å². The van der Waals surface area contributed by atoms with Crippen LogP contribution in [0.2, 0.25) is 0 Å². The van der Waals surface area contributed by atoms with E-state index in [2.05, 4.69) is 5.32 Å². The number of likely N-dealkylation sites (tertiary alicyclic amines) is 1. The number of nitrogens with zero attached hydrogens (tertiary/aromatic N) is 1. The molecule has 0 unspecified atom stereocenters. The predicted molar refractivity (Wildman–Crippen MR) is 117 cm³/mol. The second kappa shape index (κ2) is 11.7. The normalized spacial score (nSPS) is 13.8. The number of hydrogen-bond donors (Lipinski definition) is 1. The van der Waals surface area contributed by atoms with E-state index < -0.39 is 5.97 Å². The maximum absolute atomic E-state index is 12.2. The number of carbonyl (C=O) groups excluding carboxylic acids is 3. The lowest BCUT2D eigenvalue weighted by Crippen LogP contribution is -2.47. The van der Waals surface area contributed by atoms with Gasteiger partial charge in [0.15, 0.2) is 6.61 Å². The molecule has 1 aliphatic heterocycles. The fourth-order valence-electron chi connectivity index (χ4n) is 3.33. The van der Waals surface area contributed by atoms with Crippen LogP contribution in [-0.2, 0) is 20.9 Å². The molecular formula is C24H28N2O6. The number of amides is 2. The van der Waals surface area contributed by atoms with Crippen molar-refractivity contribution in [3.8, 4) is 5.75 Å². The lowest BCUT2D eigenvalue weighted by atomic mass is 10.1. The molecule has 32 heavy (non-hydrogen) atoms. The maximum atomic E-state index is 12.2. The van der Waals surface area contributed by atoms with Crippen LogP contribution < -0.4 is 10.1 Å². The highest BCUT2D eigenvalue weighted by atomic mass is 16.6. The molecule has 2 aromatic carbocycles. The molecule has 0 radical (unpaired) electrons. The summed E-state index contributed by atoms with van der Waals surface area (Å²) in [5.41, 5.74) is 1.39. The highest BCUT2D eigenvalue weighted by molar-refractivity contribution is 5.91. The molecule has 8 heteroatoms. The Bertz CT molecular complexity index is 892. The van der Waals surface area contributed by atoms with E-state index in [0.717, 1.165) is 5.56 Å². The minimum atomic E-state index is -0.577. The summed E-state index contributed by atoms with van der Waals surface area (Å²) in [4.78, 5) is 37.7. The molecule has 0 saturated carbocycles. The lowest BCUT2D eigenvalue weighted by Gasteiger charge is -2.31. The molecule has 8 nitrogen and oxygen atoms in total. The van der Waals surface area contributed by atoms with Gasteiger partial charge in [-0.25, -0.2) is 9.59 Å². The van der Waals surface area contributed by atoms with E-state index >= 15 is 0 Å². The van der Waals surface area contributed by atoms with E-state index in [1.54, 1.807) is 36.1 Å². The molecule has 2 amide bonds. The number of ether oxygens (including phenoxy) is 3. The molecule has 0 atom stereocenters. The van der Waals surface area contributed by atoms with Crippen molar-refractivity contribution in [3.63, 3.8) is 0 Å². The molecule has 0 bridgehead atoms. The van der Waals surface area contributed by atoms with Crippen molar-refractivity contribution in [3.05, 3.63) is 65.7 Å². The van der Waals surface area contributed by atoms with Gasteiger partial charge in [-0.3, -0.25) is 4.79 Å². The van der Waals surface area contributed by atoms with Gasteiger partial charge in [-0.05, 0) is 49.6 Å². The fraction of sp³-hybridized carbons (Fsp3) is 0.375. The minimum absolute atomic E-state index is 0.0621. The van der Waals surface area contributed by atoms with Crippen LogP contribution in [0.3, 0.4) is 0 Å². The number of benzene rings is 2. The van der Waals surface area contributed by atoms with Crippen molar-refractivity contribution in [2.45, 2.75) is 32.4 Å². The number of piperidine rings is 1. The Morgan fingerprint density at radius 1 is 0.969 bits per heavy atom. The predicted octanol–water partition coefficient (Wildman–Crippen LogP) is 3.16. The number of nitrogens with one attached hydrogen (secondary N) is 1. The van der Waals surface area contributed by atoms with Crippen molar-refractivity contribution in [1.82, 2.24) is 10.2 Å². The smallest absolute Gasteiger partial charge is 0.409 e. The second-order valence-corrected chi connectivity index (χ2v) is 7.40. The molecule has 0 aromatic heterocycles. The van der Waals surface area contributed by atoms with E-state index in [0.29, 0.717) is 50.5 Å². The minimum Gasteiger partial charge on any atom is -0.489 e. The first-order chi connectivity index (χ1) is 15.5. The first-order valence-electron chi connectivity index (χ1n) is 10.7. The third kappa shape index (κ3) is 7.01. The molecule has 170 valence electrons. The van der Waals surface area contributed by atoms with Gasteiger partial charge in [0.05, 0.1) is 12.2 Å². The number of hydrogen-bond acceptors (Lipinski definition) is 6. The zero-order valence-electron chi connectivity index (χ0n) is 18.1. The van der Waals surface area contributed by atoms with Crippen LogP contribution in [0, 0.1) is 0 Å². The van der Waals surface area contributed by atoms with E-state index in [1.165, 1.54) is 0 Å². The molecule has 2 aromatic rings. The van der Waals surface area contributed by atoms with Crippen LogP contribution in [0.25, 0.3) is 0 Å². The van der Waals surface area contributed by atoms with E-state index in [4.69, 9.17) is 14.2 Å². The number of rotatable bonds is 8. The van der Waals surface area contributed by atoms with Crippen LogP contribution in [0.5, 0.6) is 5.75 Å². The molecule has 0 spiro atoms. The van der Waals surface area contributed by atoms with E-state index in [9.17, 15) is 14.4 Å². The molecule has 0 aliphatic carbocycles. The molecular weight excluding hydrogens is 412 g/mol. The molecule has 3 rings (SSSR count). The highest BCUT2D eigenvalue weighted by Gasteiger charge is 2.24. The Morgan fingerprint density at radius 2 is 1.66 bits per heavy atom. The van der Waals surface area contributed by atoms with Crippen LogP contribution in [0.15, 0.2) is 54.6 Å². The summed E-state index contributed by atoms with van der Waals surface area (Å²) >= 11 is 0. The zero-order chi connectivity index (χ0) is 22.8. The summed E-state index contributed by atoms with van der Waals surface area (Å²) in [6, 6.07) is 16.3. The van der Waals surface area contributed by atoms with Gasteiger partial charge in [0, 0.05) is 19.1 Å². The van der Waals surface area contributed by atoms with Crippen molar-refractivity contribution in [2.24, 2.45) is 0 Å². The van der Waals surface area contributed by atoms with Gasteiger partial charge in [-0.2, -0.15) is 0 Å². The average molecular weight is 440 g/mol. The Balaban J connectivity index is 1.37. The van der Waals surface area contributed by atoms with Crippen molar-refractivity contribution >= 4 is 18.0 Å². The first-order valence-corrected chi connectivity index (χ1v) is 10.7. The van der Waals surface area contributed by atoms with E-state index in [-0.39, 0.29) is 24.6 Å². The van der Waals surface area contributed by atoms with E-state index in [1.807, 2.05) is 30.3 Å². The van der Waals surface area contributed by atoms with Crippen LogP contribution in [-0.4, -0.2) is 55.2 Å². The first kappa shape index (κ1) is 23.1. The van der Waals surface area contributed by atoms with Gasteiger partial charge in [-0.1, -0.05) is 30.3 Å². The monoisotopic (exact) mass is 440 g/mol. The van der Waals surface area contributed by atoms with Crippen LogP contribution >= 0.6 is 0 Å². The van der Waals surface area contributed by atoms with Gasteiger partial charge in [0.2, 0.25) is 0 Å². The standard InChI is InChI=1S/C24H28N2O6/c1-2-30-24(29)26-14-12-20(13-15-26)25-22(27)17-32-23(28)19-8-10-21(11-9-19)31-16-18-6-4-3-5-7-18/h3-11,20H,2,12-17H2,1H3,(H,25,27). The van der Waals surface area contributed by atoms with Crippen molar-refractivity contribution in [1.29, 1.82) is 0 Å². The third-order valence-corrected chi connectivity index (χ3v) is 5.06. The Hall–Kier alpha value is -3.55. The number of carbonyl (C=O) groups is 3. The maximum Gasteiger partial charge on any atom is 0.409 e. The summed E-state index contributed by atoms with van der Waals surface area (Å²) in [5.74, 6) is -0.306. The summed E-state index contributed by atoms with van der Waals surface area (Å²) in [7, 11) is 0. The summed E-state index contributed by atoms with van der Waals surface area (Å²) in [6.45, 7) is 3.21. The summed E-state index contributed by atoms with van der Waals surface area (Å²) < 4.78 is 15.8. The van der Waals surface area contributed by atoms with Crippen LogP contribution in [0.1, 0.15) is 35.7 Å². The second-order valence-electron chi connectivity index (χ2n) is 7.40. The largest absolute Gasteiger partial charge is 0.489 e. The highest BCUT2D eigenvalue weighted by Crippen LogP contribution is 2.15. The van der Waals surface area contributed by atoms with Gasteiger partial charge >= 0.3 is 12.1 Å². The fourth-order valence-corrected chi connectivity index (χ4v) is 3.33. The molecule has 1 fully saturated rings. The molecule has 1 heterocycles. The lowest BCUT2D eigenvalue weighted by molar-refractivity contribution is -0.125. The summed E-state index contributed by atoms with van der Waals surface area (Å²) in [6.07, 6.45) is 0.925. The average Bonchev–Trinajstić information content (AvgIpc) is 2.83. The molecule has 1 aliphatic rings. The van der Waals surface area contributed by atoms with Gasteiger partial charge in [0.25, 0.3) is 5.91 Å². The Labute approximate surface area is 187 Å². The van der Waals surface area contributed by atoms with Crippen molar-refractivity contribution in [2.75, 3.05) is 26.3 Å². The Kier molecular flexibility index (Phi) is 8.48. The van der Waals surface area contributed by atoms with Crippen LogP contribution in [0.4, 0.5) is 4.79 Å². The SMILES string of the molecule is CCOC(=O)N1CCC(NC(=O)COC(=O)c2ccc(OCc3ccccc3)cc2)CC1. The topological polar surface area (TPSA) is 94.2 Å².